The van der Waals surface area contributed by atoms with Gasteiger partial charge in [-0.25, -0.2) is 14.8 Å². The maximum absolute atomic E-state index is 12.0. The van der Waals surface area contributed by atoms with Crippen LogP contribution in [-0.4, -0.2) is 30.1 Å². The Bertz CT molecular complexity index is 669. The van der Waals surface area contributed by atoms with Gasteiger partial charge in [-0.05, 0) is 31.5 Å². The predicted molar refractivity (Wildman–Crippen MR) is 88.1 cm³/mol. The monoisotopic (exact) mass is 299 g/mol. The Morgan fingerprint density at radius 2 is 2.00 bits per heavy atom. The van der Waals surface area contributed by atoms with E-state index in [0.717, 1.165) is 22.6 Å². The first-order chi connectivity index (χ1) is 10.5. The number of hydrogen-bond acceptors (Lipinski definition) is 4. The summed E-state index contributed by atoms with van der Waals surface area (Å²) in [6, 6.07) is 7.43. The fourth-order valence-corrected chi connectivity index (χ4v) is 2.00. The SMILES string of the molecule is Cc1ccc(NC(=O)NCc2nccc(N(C)C)n2)c(C)c1. The van der Waals surface area contributed by atoms with E-state index in [1.807, 2.05) is 57.1 Å². The summed E-state index contributed by atoms with van der Waals surface area (Å²) in [7, 11) is 3.82. The topological polar surface area (TPSA) is 70.2 Å². The minimum absolute atomic E-state index is 0.272. The summed E-state index contributed by atoms with van der Waals surface area (Å²) in [5.74, 6) is 1.38. The Morgan fingerprint density at radius 3 is 2.68 bits per heavy atom. The first kappa shape index (κ1) is 15.8. The number of amides is 2. The molecule has 0 aliphatic rings. The van der Waals surface area contributed by atoms with Crippen molar-refractivity contribution in [3.05, 3.63) is 47.4 Å². The van der Waals surface area contributed by atoms with Gasteiger partial charge in [0, 0.05) is 26.0 Å². The molecule has 116 valence electrons. The molecule has 0 spiro atoms. The normalized spacial score (nSPS) is 10.2. The molecule has 1 aromatic heterocycles. The zero-order valence-corrected chi connectivity index (χ0v) is 13.3. The molecule has 0 saturated heterocycles. The molecule has 0 aliphatic carbocycles. The number of benzene rings is 1. The maximum atomic E-state index is 12.0. The predicted octanol–water partition coefficient (Wildman–Crippen LogP) is 2.48. The fraction of sp³-hybridized carbons (Fsp3) is 0.312. The smallest absolute Gasteiger partial charge is 0.319 e. The largest absolute Gasteiger partial charge is 0.363 e. The standard InChI is InChI=1S/C16H21N5O/c1-11-5-6-13(12(2)9-11)19-16(22)18-10-14-17-8-7-15(20-14)21(3)4/h5-9H,10H2,1-4H3,(H2,18,19,22). The van der Waals surface area contributed by atoms with Gasteiger partial charge < -0.3 is 15.5 Å². The van der Waals surface area contributed by atoms with Gasteiger partial charge in [-0.3, -0.25) is 0 Å². The van der Waals surface area contributed by atoms with Crippen molar-refractivity contribution in [2.75, 3.05) is 24.3 Å². The third kappa shape index (κ3) is 4.18. The number of nitrogens with one attached hydrogen (secondary N) is 2. The first-order valence-electron chi connectivity index (χ1n) is 7.07. The number of aromatic nitrogens is 2. The molecule has 2 N–H and O–H groups in total. The number of rotatable bonds is 4. The second kappa shape index (κ2) is 6.89. The third-order valence-electron chi connectivity index (χ3n) is 3.19. The van der Waals surface area contributed by atoms with Gasteiger partial charge in [0.2, 0.25) is 0 Å². The van der Waals surface area contributed by atoms with E-state index in [4.69, 9.17) is 0 Å². The molecule has 2 rings (SSSR count). The molecule has 6 heteroatoms. The van der Waals surface area contributed by atoms with Crippen LogP contribution < -0.4 is 15.5 Å². The van der Waals surface area contributed by atoms with Crippen molar-refractivity contribution in [2.24, 2.45) is 0 Å². The maximum Gasteiger partial charge on any atom is 0.319 e. The lowest BCUT2D eigenvalue weighted by Crippen LogP contribution is -2.29. The molecule has 1 heterocycles. The second-order valence-corrected chi connectivity index (χ2v) is 5.35. The van der Waals surface area contributed by atoms with Gasteiger partial charge in [0.1, 0.15) is 11.6 Å². The number of anilines is 2. The van der Waals surface area contributed by atoms with Crippen LogP contribution in [0.3, 0.4) is 0 Å². The summed E-state index contributed by atoms with van der Waals surface area (Å²) in [6.07, 6.45) is 1.68. The minimum Gasteiger partial charge on any atom is -0.363 e. The van der Waals surface area contributed by atoms with E-state index in [9.17, 15) is 4.79 Å². The number of urea groups is 1. The Hall–Kier alpha value is -2.63. The number of hydrogen-bond donors (Lipinski definition) is 2. The molecule has 0 unspecified atom stereocenters. The van der Waals surface area contributed by atoms with Crippen LogP contribution in [0.4, 0.5) is 16.3 Å². The van der Waals surface area contributed by atoms with Gasteiger partial charge in [0.25, 0.3) is 0 Å². The first-order valence-corrected chi connectivity index (χ1v) is 7.07. The third-order valence-corrected chi connectivity index (χ3v) is 3.19. The molecule has 0 atom stereocenters. The lowest BCUT2D eigenvalue weighted by atomic mass is 10.1. The Labute approximate surface area is 130 Å². The summed E-state index contributed by atoms with van der Waals surface area (Å²) in [4.78, 5) is 22.3. The molecule has 1 aromatic carbocycles. The molecule has 6 nitrogen and oxygen atoms in total. The average Bonchev–Trinajstić information content (AvgIpc) is 2.48. The Morgan fingerprint density at radius 1 is 1.23 bits per heavy atom. The molecule has 0 radical (unpaired) electrons. The fourth-order valence-electron chi connectivity index (χ4n) is 2.00. The number of aryl methyl sites for hydroxylation is 2. The van der Waals surface area contributed by atoms with Crippen LogP contribution >= 0.6 is 0 Å². The van der Waals surface area contributed by atoms with E-state index < -0.39 is 0 Å². The van der Waals surface area contributed by atoms with Crippen LogP contribution in [0.25, 0.3) is 0 Å². The Kier molecular flexibility index (Phi) is 4.93. The van der Waals surface area contributed by atoms with E-state index >= 15 is 0 Å². The second-order valence-electron chi connectivity index (χ2n) is 5.35. The summed E-state index contributed by atoms with van der Waals surface area (Å²) < 4.78 is 0. The van der Waals surface area contributed by atoms with E-state index in [1.165, 1.54) is 0 Å². The molecular weight excluding hydrogens is 278 g/mol. The van der Waals surface area contributed by atoms with Crippen LogP contribution in [-0.2, 0) is 6.54 Å². The molecular formula is C16H21N5O. The van der Waals surface area contributed by atoms with Crippen LogP contribution in [0.2, 0.25) is 0 Å². The molecule has 0 fully saturated rings. The van der Waals surface area contributed by atoms with Gasteiger partial charge in [0.05, 0.1) is 6.54 Å². The quantitative estimate of drug-likeness (QED) is 0.910. The molecule has 2 aromatic rings. The zero-order chi connectivity index (χ0) is 16.1. The number of carbonyl (C=O) groups excluding carboxylic acids is 1. The van der Waals surface area contributed by atoms with Crippen LogP contribution in [0.15, 0.2) is 30.5 Å². The van der Waals surface area contributed by atoms with Crippen molar-refractivity contribution in [2.45, 2.75) is 20.4 Å². The summed E-state index contributed by atoms with van der Waals surface area (Å²) in [5.41, 5.74) is 2.99. The van der Waals surface area contributed by atoms with Crippen molar-refractivity contribution < 1.29 is 4.79 Å². The van der Waals surface area contributed by atoms with Gasteiger partial charge in [-0.1, -0.05) is 17.7 Å². The molecule has 22 heavy (non-hydrogen) atoms. The van der Waals surface area contributed by atoms with Crippen molar-refractivity contribution in [3.8, 4) is 0 Å². The Balaban J connectivity index is 1.94. The van der Waals surface area contributed by atoms with Crippen molar-refractivity contribution in [3.63, 3.8) is 0 Å². The van der Waals surface area contributed by atoms with Gasteiger partial charge >= 0.3 is 6.03 Å². The lowest BCUT2D eigenvalue weighted by molar-refractivity contribution is 0.251. The number of carbonyl (C=O) groups is 1. The van der Waals surface area contributed by atoms with E-state index in [2.05, 4.69) is 20.6 Å². The molecule has 0 saturated carbocycles. The van der Waals surface area contributed by atoms with Crippen LogP contribution in [0.1, 0.15) is 17.0 Å². The van der Waals surface area contributed by atoms with Gasteiger partial charge in [-0.2, -0.15) is 0 Å². The lowest BCUT2D eigenvalue weighted by Gasteiger charge is -2.12. The number of nitrogens with zero attached hydrogens (tertiary/aromatic N) is 3. The van der Waals surface area contributed by atoms with Gasteiger partial charge in [0.15, 0.2) is 0 Å². The zero-order valence-electron chi connectivity index (χ0n) is 13.3. The van der Waals surface area contributed by atoms with Crippen molar-refractivity contribution in [1.82, 2.24) is 15.3 Å². The highest BCUT2D eigenvalue weighted by Crippen LogP contribution is 2.15. The highest BCUT2D eigenvalue weighted by Gasteiger charge is 2.06. The van der Waals surface area contributed by atoms with E-state index in [-0.39, 0.29) is 12.6 Å². The van der Waals surface area contributed by atoms with Gasteiger partial charge in [-0.15, -0.1) is 0 Å². The molecule has 2 amide bonds. The van der Waals surface area contributed by atoms with Crippen molar-refractivity contribution >= 4 is 17.5 Å². The van der Waals surface area contributed by atoms with Crippen LogP contribution in [0.5, 0.6) is 0 Å². The summed E-state index contributed by atoms with van der Waals surface area (Å²) >= 11 is 0. The highest BCUT2D eigenvalue weighted by molar-refractivity contribution is 5.90. The summed E-state index contributed by atoms with van der Waals surface area (Å²) in [6.45, 7) is 4.26. The molecule has 0 bridgehead atoms. The van der Waals surface area contributed by atoms with E-state index in [1.54, 1.807) is 6.20 Å². The van der Waals surface area contributed by atoms with E-state index in [0.29, 0.717) is 5.82 Å². The summed E-state index contributed by atoms with van der Waals surface area (Å²) in [5, 5.41) is 5.59. The average molecular weight is 299 g/mol. The minimum atomic E-state index is -0.272. The molecule has 0 aliphatic heterocycles. The van der Waals surface area contributed by atoms with Crippen molar-refractivity contribution in [1.29, 1.82) is 0 Å². The highest BCUT2D eigenvalue weighted by atomic mass is 16.2. The van der Waals surface area contributed by atoms with Crippen LogP contribution in [0, 0.1) is 13.8 Å².